The molecule has 2 heterocycles. The van der Waals surface area contributed by atoms with Gasteiger partial charge in [-0.1, -0.05) is 36.4 Å². The molecule has 0 radical (unpaired) electrons. The second kappa shape index (κ2) is 7.95. The first-order valence-corrected chi connectivity index (χ1v) is 10.4. The zero-order valence-corrected chi connectivity index (χ0v) is 17.4. The molecule has 0 N–H and O–H groups in total. The van der Waals surface area contributed by atoms with E-state index in [0.29, 0.717) is 13.0 Å². The van der Waals surface area contributed by atoms with Crippen LogP contribution in [-0.2, 0) is 0 Å². The van der Waals surface area contributed by atoms with Crippen LogP contribution in [0, 0.1) is 5.82 Å². The number of fused-ring (bicyclic) bond motifs is 3. The lowest BCUT2D eigenvalue weighted by Gasteiger charge is -2.38. The number of hydrazone groups is 1. The molecule has 2 aliphatic rings. The van der Waals surface area contributed by atoms with Crippen molar-refractivity contribution in [2.75, 3.05) is 13.7 Å². The maximum Gasteiger partial charge on any atom is 0.214 e. The van der Waals surface area contributed by atoms with Crippen LogP contribution in [0.5, 0.6) is 17.2 Å². The van der Waals surface area contributed by atoms with Crippen LogP contribution in [0.15, 0.2) is 71.8 Å². The number of benzene rings is 3. The lowest BCUT2D eigenvalue weighted by atomic mass is 9.95. The van der Waals surface area contributed by atoms with Crippen molar-refractivity contribution in [2.45, 2.75) is 25.6 Å². The van der Waals surface area contributed by atoms with Crippen molar-refractivity contribution in [2.24, 2.45) is 5.10 Å². The van der Waals surface area contributed by atoms with E-state index in [1.807, 2.05) is 48.3 Å². The maximum absolute atomic E-state index is 13.4. The summed E-state index contributed by atoms with van der Waals surface area (Å²) in [7, 11) is 1.65. The van der Waals surface area contributed by atoms with E-state index in [1.54, 1.807) is 19.2 Å². The molecule has 0 amide bonds. The summed E-state index contributed by atoms with van der Waals surface area (Å²) in [5.41, 5.74) is 3.77. The number of halogens is 1. The Morgan fingerprint density at radius 3 is 2.68 bits per heavy atom. The lowest BCUT2D eigenvalue weighted by Crippen LogP contribution is -2.34. The summed E-state index contributed by atoms with van der Waals surface area (Å²) in [6.07, 6.45) is 0.255. The highest BCUT2D eigenvalue weighted by Gasteiger charge is 2.42. The van der Waals surface area contributed by atoms with Gasteiger partial charge in [0.2, 0.25) is 6.23 Å². The highest BCUT2D eigenvalue weighted by atomic mass is 19.1. The fraction of sp³-hybridized carbons (Fsp3) is 0.240. The summed E-state index contributed by atoms with van der Waals surface area (Å²) in [6, 6.07) is 20.2. The second-order valence-corrected chi connectivity index (χ2v) is 7.51. The fourth-order valence-electron chi connectivity index (χ4n) is 4.18. The van der Waals surface area contributed by atoms with E-state index in [4.69, 9.17) is 19.3 Å². The first-order valence-electron chi connectivity index (χ1n) is 10.4. The average molecular weight is 418 g/mol. The van der Waals surface area contributed by atoms with Gasteiger partial charge in [0.1, 0.15) is 11.6 Å². The highest BCUT2D eigenvalue weighted by molar-refractivity contribution is 6.02. The summed E-state index contributed by atoms with van der Waals surface area (Å²) in [5.74, 6) is 1.96. The molecule has 0 aromatic heterocycles. The van der Waals surface area contributed by atoms with Gasteiger partial charge in [-0.05, 0) is 42.8 Å². The van der Waals surface area contributed by atoms with Gasteiger partial charge in [-0.3, -0.25) is 0 Å². The number of rotatable bonds is 5. The van der Waals surface area contributed by atoms with Gasteiger partial charge in [-0.2, -0.15) is 5.10 Å². The van der Waals surface area contributed by atoms with Crippen LogP contribution >= 0.6 is 0 Å². The third kappa shape index (κ3) is 3.48. The molecular weight excluding hydrogens is 395 g/mol. The molecule has 158 valence electrons. The molecule has 2 unspecified atom stereocenters. The van der Waals surface area contributed by atoms with Crippen molar-refractivity contribution in [1.82, 2.24) is 5.01 Å². The van der Waals surface area contributed by atoms with E-state index >= 15 is 0 Å². The van der Waals surface area contributed by atoms with Gasteiger partial charge in [-0.15, -0.1) is 0 Å². The van der Waals surface area contributed by atoms with Crippen LogP contribution in [0.4, 0.5) is 4.39 Å². The van der Waals surface area contributed by atoms with Crippen LogP contribution < -0.4 is 14.2 Å². The van der Waals surface area contributed by atoms with E-state index in [9.17, 15) is 4.39 Å². The SMILES string of the molecule is CCOc1cccc2c1OC(c1cccc(OC)c1)N1N=C(c3ccc(F)cc3)CC21. The van der Waals surface area contributed by atoms with Crippen LogP contribution in [0.25, 0.3) is 0 Å². The van der Waals surface area contributed by atoms with Crippen molar-refractivity contribution in [1.29, 1.82) is 0 Å². The Balaban J connectivity index is 1.61. The van der Waals surface area contributed by atoms with Gasteiger partial charge in [-0.25, -0.2) is 9.40 Å². The largest absolute Gasteiger partial charge is 0.497 e. The normalized spacial score (nSPS) is 19.2. The first-order chi connectivity index (χ1) is 15.2. The molecule has 5 rings (SSSR count). The standard InChI is InChI=1S/C25H23FN2O3/c1-3-30-23-9-5-8-20-22-15-21(16-10-12-18(26)13-11-16)27-28(22)25(31-24(20)23)17-6-4-7-19(14-17)29-2/h4-14,22,25H,3,15H2,1-2H3. The Kier molecular flexibility index (Phi) is 4.98. The van der Waals surface area contributed by atoms with Gasteiger partial charge >= 0.3 is 0 Å². The van der Waals surface area contributed by atoms with Gasteiger partial charge in [0.15, 0.2) is 11.5 Å². The molecule has 5 nitrogen and oxygen atoms in total. The van der Waals surface area contributed by atoms with Gasteiger partial charge in [0.25, 0.3) is 0 Å². The summed E-state index contributed by atoms with van der Waals surface area (Å²) in [5, 5.41) is 6.91. The Labute approximate surface area is 180 Å². The molecule has 0 spiro atoms. The maximum atomic E-state index is 13.4. The molecule has 0 saturated carbocycles. The Bertz CT molecular complexity index is 1130. The summed E-state index contributed by atoms with van der Waals surface area (Å²) < 4.78 is 31.2. The van der Waals surface area contributed by atoms with E-state index in [1.165, 1.54) is 12.1 Å². The van der Waals surface area contributed by atoms with Crippen molar-refractivity contribution >= 4 is 5.71 Å². The molecule has 0 aliphatic carbocycles. The molecule has 3 aromatic rings. The van der Waals surface area contributed by atoms with E-state index < -0.39 is 6.23 Å². The topological polar surface area (TPSA) is 43.3 Å². The quantitative estimate of drug-likeness (QED) is 0.551. The molecule has 3 aromatic carbocycles. The monoisotopic (exact) mass is 418 g/mol. The zero-order chi connectivity index (χ0) is 21.4. The Morgan fingerprint density at radius 2 is 1.90 bits per heavy atom. The van der Waals surface area contributed by atoms with Crippen molar-refractivity contribution in [3.63, 3.8) is 0 Å². The molecule has 6 heteroatoms. The highest BCUT2D eigenvalue weighted by Crippen LogP contribution is 2.50. The molecule has 2 aliphatic heterocycles. The number of para-hydroxylation sites is 1. The molecule has 0 saturated heterocycles. The number of ether oxygens (including phenoxy) is 3. The smallest absolute Gasteiger partial charge is 0.214 e. The minimum Gasteiger partial charge on any atom is -0.497 e. The lowest BCUT2D eigenvalue weighted by molar-refractivity contribution is -0.0213. The third-order valence-corrected chi connectivity index (χ3v) is 5.64. The van der Waals surface area contributed by atoms with Crippen molar-refractivity contribution in [3.05, 3.63) is 89.2 Å². The van der Waals surface area contributed by atoms with E-state index in [0.717, 1.165) is 39.7 Å². The Morgan fingerprint density at radius 1 is 1.10 bits per heavy atom. The third-order valence-electron chi connectivity index (χ3n) is 5.64. The number of nitrogens with zero attached hydrogens (tertiary/aromatic N) is 2. The van der Waals surface area contributed by atoms with E-state index in [-0.39, 0.29) is 11.9 Å². The van der Waals surface area contributed by atoms with E-state index in [2.05, 4.69) is 6.07 Å². The molecular formula is C25H23FN2O3. The van der Waals surface area contributed by atoms with Crippen LogP contribution in [0.3, 0.4) is 0 Å². The second-order valence-electron chi connectivity index (χ2n) is 7.51. The molecule has 0 bridgehead atoms. The predicted octanol–water partition coefficient (Wildman–Crippen LogP) is 5.48. The molecule has 2 atom stereocenters. The van der Waals surface area contributed by atoms with Gasteiger partial charge in [0.05, 0.1) is 25.5 Å². The first kappa shape index (κ1) is 19.4. The van der Waals surface area contributed by atoms with Crippen molar-refractivity contribution in [3.8, 4) is 17.2 Å². The van der Waals surface area contributed by atoms with Crippen LogP contribution in [-0.4, -0.2) is 24.4 Å². The minimum absolute atomic E-state index is 0.0135. The van der Waals surface area contributed by atoms with Crippen molar-refractivity contribution < 1.29 is 18.6 Å². The van der Waals surface area contributed by atoms with Crippen LogP contribution in [0.2, 0.25) is 0 Å². The molecule has 31 heavy (non-hydrogen) atoms. The summed E-state index contributed by atoms with van der Waals surface area (Å²) in [6.45, 7) is 2.51. The molecule has 0 fully saturated rings. The van der Waals surface area contributed by atoms with Crippen LogP contribution in [0.1, 0.15) is 42.3 Å². The predicted molar refractivity (Wildman–Crippen MR) is 116 cm³/mol. The zero-order valence-electron chi connectivity index (χ0n) is 17.4. The fourth-order valence-corrected chi connectivity index (χ4v) is 4.18. The Hall–Kier alpha value is -3.54. The van der Waals surface area contributed by atoms with Gasteiger partial charge < -0.3 is 14.2 Å². The minimum atomic E-state index is -0.438. The number of hydrogen-bond donors (Lipinski definition) is 0. The summed E-state index contributed by atoms with van der Waals surface area (Å²) in [4.78, 5) is 0. The average Bonchev–Trinajstić information content (AvgIpc) is 3.25. The van der Waals surface area contributed by atoms with Gasteiger partial charge in [0, 0.05) is 17.5 Å². The summed E-state index contributed by atoms with van der Waals surface area (Å²) >= 11 is 0. The number of hydrogen-bond acceptors (Lipinski definition) is 5. The number of methoxy groups -OCH3 is 1.